The summed E-state index contributed by atoms with van der Waals surface area (Å²) in [5.74, 6) is -1.05. The molecular weight excluding hydrogens is 393 g/mol. The Balaban J connectivity index is 1.85. The SMILES string of the molecule is O=C1CC(=O)NC(SCC(=O)Nc2ccc(I)cc2)=N1. The van der Waals surface area contributed by atoms with Gasteiger partial charge in [-0.25, -0.2) is 0 Å². The maximum absolute atomic E-state index is 11.7. The fourth-order valence-corrected chi connectivity index (χ4v) is 2.47. The van der Waals surface area contributed by atoms with E-state index in [0.29, 0.717) is 5.69 Å². The van der Waals surface area contributed by atoms with Gasteiger partial charge < -0.3 is 10.6 Å². The van der Waals surface area contributed by atoms with Crippen LogP contribution in [0.1, 0.15) is 6.42 Å². The van der Waals surface area contributed by atoms with E-state index in [1.54, 1.807) is 12.1 Å². The van der Waals surface area contributed by atoms with Gasteiger partial charge in [-0.05, 0) is 46.9 Å². The van der Waals surface area contributed by atoms with Crippen LogP contribution in [0.25, 0.3) is 0 Å². The van der Waals surface area contributed by atoms with Gasteiger partial charge in [0.05, 0.1) is 5.75 Å². The number of hydrogen-bond acceptors (Lipinski definition) is 4. The highest BCUT2D eigenvalue weighted by atomic mass is 127. The molecule has 2 rings (SSSR count). The Morgan fingerprint density at radius 1 is 1.35 bits per heavy atom. The number of amides is 3. The molecule has 8 heteroatoms. The molecule has 0 aliphatic carbocycles. The van der Waals surface area contributed by atoms with E-state index in [1.165, 1.54) is 0 Å². The number of carbonyl (C=O) groups excluding carboxylic acids is 3. The molecule has 0 unspecified atom stereocenters. The summed E-state index contributed by atoms with van der Waals surface area (Å²) in [6.07, 6.45) is -0.237. The van der Waals surface area contributed by atoms with Crippen LogP contribution in [0.5, 0.6) is 0 Å². The number of carbonyl (C=O) groups is 3. The number of thioether (sulfide) groups is 1. The molecule has 1 aliphatic heterocycles. The molecule has 0 radical (unpaired) electrons. The smallest absolute Gasteiger partial charge is 0.257 e. The van der Waals surface area contributed by atoms with Gasteiger partial charge in [0.2, 0.25) is 11.8 Å². The first-order valence-corrected chi connectivity index (χ1v) is 7.69. The van der Waals surface area contributed by atoms with Crippen LogP contribution < -0.4 is 10.6 Å². The number of benzene rings is 1. The van der Waals surface area contributed by atoms with Gasteiger partial charge >= 0.3 is 0 Å². The lowest BCUT2D eigenvalue weighted by Crippen LogP contribution is -2.35. The summed E-state index contributed by atoms with van der Waals surface area (Å²) in [6.45, 7) is 0. The van der Waals surface area contributed by atoms with Crippen LogP contribution in [-0.4, -0.2) is 28.6 Å². The molecule has 1 aromatic carbocycles. The molecule has 0 saturated carbocycles. The van der Waals surface area contributed by atoms with Crippen molar-refractivity contribution in [2.24, 2.45) is 4.99 Å². The molecule has 1 aromatic rings. The van der Waals surface area contributed by atoms with E-state index in [9.17, 15) is 14.4 Å². The highest BCUT2D eigenvalue weighted by molar-refractivity contribution is 14.1. The molecule has 104 valence electrons. The van der Waals surface area contributed by atoms with E-state index in [1.807, 2.05) is 12.1 Å². The van der Waals surface area contributed by atoms with Crippen molar-refractivity contribution in [3.8, 4) is 0 Å². The number of anilines is 1. The summed E-state index contributed by atoms with van der Waals surface area (Å²) in [5.41, 5.74) is 0.696. The molecule has 6 nitrogen and oxygen atoms in total. The summed E-state index contributed by atoms with van der Waals surface area (Å²) in [6, 6.07) is 7.36. The van der Waals surface area contributed by atoms with Crippen molar-refractivity contribution in [3.05, 3.63) is 27.8 Å². The van der Waals surface area contributed by atoms with Gasteiger partial charge in [0.1, 0.15) is 6.42 Å². The predicted octanol–water partition coefficient (Wildman–Crippen LogP) is 1.37. The minimum absolute atomic E-state index is 0.0678. The standard InChI is InChI=1S/C12H10IN3O3S/c13-7-1-3-8(4-2-7)14-11(19)6-20-12-15-9(17)5-10(18)16-12/h1-4H,5-6H2,(H,14,19)(H,15,16,17,18). The topological polar surface area (TPSA) is 87.6 Å². The zero-order valence-corrected chi connectivity index (χ0v) is 13.2. The highest BCUT2D eigenvalue weighted by Gasteiger charge is 2.19. The Morgan fingerprint density at radius 3 is 2.70 bits per heavy atom. The Labute approximate surface area is 132 Å². The Kier molecular flexibility index (Phi) is 5.12. The second-order valence-corrected chi connectivity index (χ2v) is 6.09. The van der Waals surface area contributed by atoms with Crippen molar-refractivity contribution in [1.82, 2.24) is 5.32 Å². The van der Waals surface area contributed by atoms with Crippen molar-refractivity contribution in [2.45, 2.75) is 6.42 Å². The molecule has 0 atom stereocenters. The lowest BCUT2D eigenvalue weighted by Gasteiger charge is -2.11. The molecule has 1 aliphatic rings. The number of nitrogens with one attached hydrogen (secondary N) is 2. The minimum atomic E-state index is -0.491. The highest BCUT2D eigenvalue weighted by Crippen LogP contribution is 2.12. The Morgan fingerprint density at radius 2 is 2.05 bits per heavy atom. The van der Waals surface area contributed by atoms with Crippen molar-refractivity contribution in [3.63, 3.8) is 0 Å². The molecule has 0 bridgehead atoms. The first-order valence-electron chi connectivity index (χ1n) is 5.62. The van der Waals surface area contributed by atoms with Gasteiger partial charge in [-0.3, -0.25) is 14.4 Å². The zero-order valence-electron chi connectivity index (χ0n) is 10.2. The van der Waals surface area contributed by atoms with Gasteiger partial charge in [0.15, 0.2) is 5.17 Å². The van der Waals surface area contributed by atoms with E-state index in [-0.39, 0.29) is 23.2 Å². The molecule has 3 amide bonds. The summed E-state index contributed by atoms with van der Waals surface area (Å²) >= 11 is 3.19. The number of hydrogen-bond donors (Lipinski definition) is 2. The van der Waals surface area contributed by atoms with Gasteiger partial charge in [0.25, 0.3) is 5.91 Å². The normalized spacial score (nSPS) is 14.6. The quantitative estimate of drug-likeness (QED) is 0.590. The van der Waals surface area contributed by atoms with Crippen molar-refractivity contribution >= 4 is 62.9 Å². The van der Waals surface area contributed by atoms with Crippen LogP contribution >= 0.6 is 34.4 Å². The van der Waals surface area contributed by atoms with Crippen LogP contribution in [0.4, 0.5) is 5.69 Å². The average molecular weight is 403 g/mol. The van der Waals surface area contributed by atoms with Gasteiger partial charge in [-0.15, -0.1) is 0 Å². The first kappa shape index (κ1) is 15.0. The molecule has 0 fully saturated rings. The maximum atomic E-state index is 11.7. The summed E-state index contributed by atoms with van der Waals surface area (Å²) < 4.78 is 1.08. The fourth-order valence-electron chi connectivity index (χ4n) is 1.41. The third-order valence-electron chi connectivity index (χ3n) is 2.25. The van der Waals surface area contributed by atoms with E-state index >= 15 is 0 Å². The number of aliphatic imine (C=N–C) groups is 1. The predicted molar refractivity (Wildman–Crippen MR) is 85.4 cm³/mol. The maximum Gasteiger partial charge on any atom is 0.257 e. The van der Waals surface area contributed by atoms with Crippen LogP contribution in [0.2, 0.25) is 0 Å². The summed E-state index contributed by atoms with van der Waals surface area (Å²) in [5, 5.41) is 5.33. The minimum Gasteiger partial charge on any atom is -0.325 e. The Hall–Kier alpha value is -1.42. The third kappa shape index (κ3) is 4.60. The van der Waals surface area contributed by atoms with Gasteiger partial charge in [0, 0.05) is 9.26 Å². The largest absolute Gasteiger partial charge is 0.325 e. The zero-order chi connectivity index (χ0) is 14.5. The molecule has 20 heavy (non-hydrogen) atoms. The number of rotatable bonds is 3. The van der Waals surface area contributed by atoms with E-state index in [0.717, 1.165) is 15.3 Å². The lowest BCUT2D eigenvalue weighted by molar-refractivity contribution is -0.127. The van der Waals surface area contributed by atoms with Crippen molar-refractivity contribution in [1.29, 1.82) is 0 Å². The average Bonchev–Trinajstić information content (AvgIpc) is 2.38. The molecular formula is C12H10IN3O3S. The monoisotopic (exact) mass is 403 g/mol. The number of amidine groups is 1. The molecule has 0 saturated heterocycles. The molecule has 0 aromatic heterocycles. The van der Waals surface area contributed by atoms with E-state index in [2.05, 4.69) is 38.2 Å². The van der Waals surface area contributed by atoms with Crippen molar-refractivity contribution in [2.75, 3.05) is 11.1 Å². The van der Waals surface area contributed by atoms with Crippen LogP contribution in [0.15, 0.2) is 29.3 Å². The second kappa shape index (κ2) is 6.84. The van der Waals surface area contributed by atoms with Crippen LogP contribution in [0, 0.1) is 3.57 Å². The third-order valence-corrected chi connectivity index (χ3v) is 3.84. The van der Waals surface area contributed by atoms with Gasteiger partial charge in [-0.1, -0.05) is 11.8 Å². The van der Waals surface area contributed by atoms with Crippen LogP contribution in [0.3, 0.4) is 0 Å². The summed E-state index contributed by atoms with van der Waals surface area (Å²) in [4.78, 5) is 37.6. The molecule has 2 N–H and O–H groups in total. The molecule has 0 spiro atoms. The first-order chi connectivity index (χ1) is 9.52. The van der Waals surface area contributed by atoms with E-state index in [4.69, 9.17) is 0 Å². The second-order valence-electron chi connectivity index (χ2n) is 3.88. The van der Waals surface area contributed by atoms with Gasteiger partial charge in [-0.2, -0.15) is 4.99 Å². The van der Waals surface area contributed by atoms with E-state index < -0.39 is 11.8 Å². The molecule has 1 heterocycles. The van der Waals surface area contributed by atoms with Crippen molar-refractivity contribution < 1.29 is 14.4 Å². The number of halogens is 1. The summed E-state index contributed by atoms with van der Waals surface area (Å²) in [7, 11) is 0. The van der Waals surface area contributed by atoms with Crippen LogP contribution in [-0.2, 0) is 14.4 Å². The lowest BCUT2D eigenvalue weighted by atomic mass is 10.3. The fraction of sp³-hybridized carbons (Fsp3) is 0.167. The number of nitrogens with zero attached hydrogens (tertiary/aromatic N) is 1. The Bertz CT molecular complexity index is 586.